The Kier molecular flexibility index (Phi) is 2.81. The fraction of sp³-hybridized carbons (Fsp3) is 0.714. The molecule has 2 nitrogen and oxygen atoms in total. The molecule has 0 aliphatic heterocycles. The lowest BCUT2D eigenvalue weighted by Gasteiger charge is -2.02. The van der Waals surface area contributed by atoms with Crippen LogP contribution in [-0.2, 0) is 0 Å². The van der Waals surface area contributed by atoms with Crippen molar-refractivity contribution < 1.29 is 0 Å². The number of hydrogen-bond donors (Lipinski definition) is 0. The van der Waals surface area contributed by atoms with E-state index in [4.69, 9.17) is 0 Å². The van der Waals surface area contributed by atoms with Gasteiger partial charge in [-0.1, -0.05) is 20.3 Å². The first-order chi connectivity index (χ1) is 4.84. The van der Waals surface area contributed by atoms with Crippen LogP contribution in [0.2, 0.25) is 0 Å². The normalized spacial score (nSPS) is 13.4. The highest BCUT2D eigenvalue weighted by Crippen LogP contribution is 2.20. The molecule has 0 bridgehead atoms. The molecule has 1 unspecified atom stereocenters. The molecular weight excluding hydrogens is 144 g/mol. The highest BCUT2D eigenvalue weighted by molar-refractivity contribution is 7.09. The molecule has 0 aromatic carbocycles. The summed E-state index contributed by atoms with van der Waals surface area (Å²) in [7, 11) is 0. The zero-order valence-electron chi connectivity index (χ0n) is 6.37. The molecule has 56 valence electrons. The van der Waals surface area contributed by atoms with Gasteiger partial charge in [-0.15, -0.1) is 21.5 Å². The average molecular weight is 156 g/mol. The molecule has 1 aromatic heterocycles. The third kappa shape index (κ3) is 1.77. The summed E-state index contributed by atoms with van der Waals surface area (Å²) in [4.78, 5) is 0. The predicted octanol–water partition coefficient (Wildman–Crippen LogP) is 2.44. The molecule has 0 N–H and O–H groups in total. The second-order valence-corrected chi connectivity index (χ2v) is 3.33. The Morgan fingerprint density at radius 3 is 3.00 bits per heavy atom. The minimum Gasteiger partial charge on any atom is -0.147 e. The van der Waals surface area contributed by atoms with E-state index in [1.165, 1.54) is 17.8 Å². The van der Waals surface area contributed by atoms with Gasteiger partial charge < -0.3 is 0 Å². The summed E-state index contributed by atoms with van der Waals surface area (Å²) in [5, 5.41) is 8.97. The molecule has 3 heteroatoms. The van der Waals surface area contributed by atoms with Gasteiger partial charge in [-0.05, 0) is 6.42 Å². The average Bonchev–Trinajstić information content (AvgIpc) is 2.38. The van der Waals surface area contributed by atoms with Crippen molar-refractivity contribution in [2.24, 2.45) is 0 Å². The van der Waals surface area contributed by atoms with Gasteiger partial charge in [0.25, 0.3) is 0 Å². The van der Waals surface area contributed by atoms with Crippen LogP contribution in [-0.4, -0.2) is 10.2 Å². The second-order valence-electron chi connectivity index (χ2n) is 2.47. The first-order valence-corrected chi connectivity index (χ1v) is 4.48. The van der Waals surface area contributed by atoms with Gasteiger partial charge in [0.2, 0.25) is 0 Å². The molecule has 1 atom stereocenters. The summed E-state index contributed by atoms with van der Waals surface area (Å²) in [6, 6.07) is 0. The second kappa shape index (κ2) is 3.66. The zero-order valence-corrected chi connectivity index (χ0v) is 7.19. The van der Waals surface area contributed by atoms with Gasteiger partial charge in [0, 0.05) is 5.92 Å². The van der Waals surface area contributed by atoms with Crippen LogP contribution in [0.5, 0.6) is 0 Å². The molecule has 0 saturated heterocycles. The molecule has 0 amide bonds. The Balaban J connectivity index is 2.50. The van der Waals surface area contributed by atoms with E-state index in [-0.39, 0.29) is 0 Å². The molecule has 0 spiro atoms. The van der Waals surface area contributed by atoms with Gasteiger partial charge in [0.15, 0.2) is 0 Å². The van der Waals surface area contributed by atoms with Crippen molar-refractivity contribution in [1.82, 2.24) is 10.2 Å². The van der Waals surface area contributed by atoms with Crippen molar-refractivity contribution in [2.75, 3.05) is 0 Å². The third-order valence-electron chi connectivity index (χ3n) is 1.52. The Hall–Kier alpha value is -0.440. The predicted molar refractivity (Wildman–Crippen MR) is 43.2 cm³/mol. The summed E-state index contributed by atoms with van der Waals surface area (Å²) >= 11 is 1.65. The molecule has 0 radical (unpaired) electrons. The first kappa shape index (κ1) is 7.66. The number of nitrogens with zero attached hydrogens (tertiary/aromatic N) is 2. The van der Waals surface area contributed by atoms with Crippen LogP contribution in [0.3, 0.4) is 0 Å². The van der Waals surface area contributed by atoms with Crippen molar-refractivity contribution in [2.45, 2.75) is 32.6 Å². The van der Waals surface area contributed by atoms with Gasteiger partial charge in [0.1, 0.15) is 10.5 Å². The van der Waals surface area contributed by atoms with Crippen LogP contribution in [0.15, 0.2) is 5.51 Å². The van der Waals surface area contributed by atoms with E-state index in [1.807, 2.05) is 0 Å². The quantitative estimate of drug-likeness (QED) is 0.671. The minimum absolute atomic E-state index is 0.595. The maximum atomic E-state index is 4.00. The van der Waals surface area contributed by atoms with Gasteiger partial charge in [-0.3, -0.25) is 0 Å². The molecule has 1 rings (SSSR count). The fourth-order valence-corrected chi connectivity index (χ4v) is 1.60. The number of aromatic nitrogens is 2. The summed E-state index contributed by atoms with van der Waals surface area (Å²) in [5.41, 5.74) is 1.79. The van der Waals surface area contributed by atoms with E-state index in [0.717, 1.165) is 0 Å². The minimum atomic E-state index is 0.595. The van der Waals surface area contributed by atoms with Crippen molar-refractivity contribution in [3.63, 3.8) is 0 Å². The molecule has 0 aliphatic rings. The SMILES string of the molecule is CCCC(C)c1nncs1. The van der Waals surface area contributed by atoms with Gasteiger partial charge in [-0.25, -0.2) is 0 Å². The third-order valence-corrected chi connectivity index (χ3v) is 2.45. The van der Waals surface area contributed by atoms with Crippen LogP contribution >= 0.6 is 11.3 Å². The molecule has 0 saturated carbocycles. The lowest BCUT2D eigenvalue weighted by atomic mass is 10.1. The zero-order chi connectivity index (χ0) is 7.40. The van der Waals surface area contributed by atoms with E-state index in [1.54, 1.807) is 16.8 Å². The van der Waals surface area contributed by atoms with Crippen molar-refractivity contribution in [3.05, 3.63) is 10.5 Å². The Morgan fingerprint density at radius 2 is 2.50 bits per heavy atom. The summed E-state index contributed by atoms with van der Waals surface area (Å²) in [5.74, 6) is 0.595. The van der Waals surface area contributed by atoms with Crippen molar-refractivity contribution in [3.8, 4) is 0 Å². The van der Waals surface area contributed by atoms with Crippen molar-refractivity contribution in [1.29, 1.82) is 0 Å². The van der Waals surface area contributed by atoms with Crippen LogP contribution in [0.25, 0.3) is 0 Å². The van der Waals surface area contributed by atoms with E-state index in [9.17, 15) is 0 Å². The van der Waals surface area contributed by atoms with Gasteiger partial charge in [-0.2, -0.15) is 0 Å². The van der Waals surface area contributed by atoms with E-state index >= 15 is 0 Å². The highest BCUT2D eigenvalue weighted by atomic mass is 32.1. The molecule has 1 heterocycles. The number of rotatable bonds is 3. The summed E-state index contributed by atoms with van der Waals surface area (Å²) in [6.07, 6.45) is 2.44. The lowest BCUT2D eigenvalue weighted by molar-refractivity contribution is 0.653. The summed E-state index contributed by atoms with van der Waals surface area (Å²) in [6.45, 7) is 4.39. The first-order valence-electron chi connectivity index (χ1n) is 3.60. The van der Waals surface area contributed by atoms with Crippen LogP contribution in [0.4, 0.5) is 0 Å². The molecular formula is C7H12N2S. The maximum absolute atomic E-state index is 4.00. The van der Waals surface area contributed by atoms with E-state index < -0.39 is 0 Å². The van der Waals surface area contributed by atoms with Crippen LogP contribution in [0.1, 0.15) is 37.6 Å². The van der Waals surface area contributed by atoms with Crippen LogP contribution in [0, 0.1) is 0 Å². The van der Waals surface area contributed by atoms with Crippen LogP contribution < -0.4 is 0 Å². The smallest absolute Gasteiger partial charge is 0.120 e. The molecule has 1 aromatic rings. The Morgan fingerprint density at radius 1 is 1.70 bits per heavy atom. The Labute approximate surface area is 65.3 Å². The maximum Gasteiger partial charge on any atom is 0.120 e. The standard InChI is InChI=1S/C7H12N2S/c1-3-4-6(2)7-9-8-5-10-7/h5-6H,3-4H2,1-2H3. The van der Waals surface area contributed by atoms with E-state index in [0.29, 0.717) is 5.92 Å². The molecule has 0 aliphatic carbocycles. The topological polar surface area (TPSA) is 25.8 Å². The largest absolute Gasteiger partial charge is 0.147 e. The van der Waals surface area contributed by atoms with Crippen molar-refractivity contribution >= 4 is 11.3 Å². The Bertz CT molecular complexity index is 172. The lowest BCUT2D eigenvalue weighted by Crippen LogP contribution is -1.91. The fourth-order valence-electron chi connectivity index (χ4n) is 0.953. The number of hydrogen-bond acceptors (Lipinski definition) is 3. The van der Waals surface area contributed by atoms with E-state index in [2.05, 4.69) is 24.0 Å². The molecule has 0 fully saturated rings. The summed E-state index contributed by atoms with van der Waals surface area (Å²) < 4.78 is 0. The monoisotopic (exact) mass is 156 g/mol. The van der Waals surface area contributed by atoms with Gasteiger partial charge in [0.05, 0.1) is 0 Å². The highest BCUT2D eigenvalue weighted by Gasteiger charge is 2.06. The van der Waals surface area contributed by atoms with Gasteiger partial charge >= 0.3 is 0 Å². The molecule has 10 heavy (non-hydrogen) atoms.